The Morgan fingerprint density at radius 2 is 1.38 bits per heavy atom. The number of hydrogen-bond donors (Lipinski definition) is 2. The van der Waals surface area contributed by atoms with Gasteiger partial charge in [-0.3, -0.25) is 9.59 Å². The summed E-state index contributed by atoms with van der Waals surface area (Å²) < 4.78 is 38.4. The number of carbonyl (C=O) groups excluding carboxylic acids is 2. The number of hydrogen-bond acceptors (Lipinski definition) is 2. The zero-order valence-electron chi connectivity index (χ0n) is 16.8. The molecule has 4 rings (SSSR count). The summed E-state index contributed by atoms with van der Waals surface area (Å²) in [7, 11) is 0. The van der Waals surface area contributed by atoms with Gasteiger partial charge in [-0.05, 0) is 45.3 Å². The van der Waals surface area contributed by atoms with Gasteiger partial charge < -0.3 is 11.1 Å². The average Bonchev–Trinajstić information content (AvgIpc) is 2.76. The summed E-state index contributed by atoms with van der Waals surface area (Å²) >= 11 is 0. The second-order valence-electron chi connectivity index (χ2n) is 7.52. The van der Waals surface area contributed by atoms with Crippen molar-refractivity contribution in [1.29, 1.82) is 0 Å². The lowest BCUT2D eigenvalue weighted by Crippen LogP contribution is -2.46. The Morgan fingerprint density at radius 3 is 1.88 bits per heavy atom. The van der Waals surface area contributed by atoms with Gasteiger partial charge in [-0.25, -0.2) is 0 Å². The van der Waals surface area contributed by atoms with Crippen molar-refractivity contribution in [2.45, 2.75) is 18.6 Å². The van der Waals surface area contributed by atoms with Gasteiger partial charge in [-0.2, -0.15) is 13.2 Å². The molecule has 1 atom stereocenters. The molecule has 7 heteroatoms. The molecule has 0 heterocycles. The lowest BCUT2D eigenvalue weighted by Gasteiger charge is -2.18. The smallest absolute Gasteiger partial charge is 0.368 e. The molecule has 0 bridgehead atoms. The highest BCUT2D eigenvalue weighted by Gasteiger charge is 2.30. The van der Waals surface area contributed by atoms with Crippen molar-refractivity contribution in [2.24, 2.45) is 5.73 Å². The quantitative estimate of drug-likeness (QED) is 0.440. The van der Waals surface area contributed by atoms with Crippen molar-refractivity contribution in [3.63, 3.8) is 0 Å². The summed E-state index contributed by atoms with van der Waals surface area (Å²) in [6.07, 6.45) is -4.48. The molecule has 0 spiro atoms. The number of primary amides is 1. The van der Waals surface area contributed by atoms with Crippen LogP contribution in [-0.2, 0) is 17.4 Å². The number of halogens is 3. The molecule has 0 aliphatic carbocycles. The largest absolute Gasteiger partial charge is 0.416 e. The predicted molar refractivity (Wildman–Crippen MR) is 117 cm³/mol. The topological polar surface area (TPSA) is 72.2 Å². The SMILES string of the molecule is NC(=O)[C@@H](Cc1ccc(C(F)(F)F)cc1)NC(=O)c1c2ccccc2cc2ccccc12. The molecule has 32 heavy (non-hydrogen) atoms. The van der Waals surface area contributed by atoms with E-state index in [1.165, 1.54) is 12.1 Å². The van der Waals surface area contributed by atoms with Crippen LogP contribution >= 0.6 is 0 Å². The van der Waals surface area contributed by atoms with E-state index < -0.39 is 29.6 Å². The molecule has 0 aliphatic rings. The number of fused-ring (bicyclic) bond motifs is 2. The molecule has 0 unspecified atom stereocenters. The summed E-state index contributed by atoms with van der Waals surface area (Å²) in [6.45, 7) is 0. The third-order valence-corrected chi connectivity index (χ3v) is 5.37. The number of rotatable bonds is 5. The number of nitrogens with two attached hydrogens (primary N) is 1. The highest BCUT2D eigenvalue weighted by Crippen LogP contribution is 2.30. The molecule has 0 saturated heterocycles. The summed E-state index contributed by atoms with van der Waals surface area (Å²) in [5.74, 6) is -1.25. The van der Waals surface area contributed by atoms with Gasteiger partial charge in [0.15, 0.2) is 0 Å². The van der Waals surface area contributed by atoms with Crippen LogP contribution < -0.4 is 11.1 Å². The molecular weight excluding hydrogens is 417 g/mol. The summed E-state index contributed by atoms with van der Waals surface area (Å²) in [5.41, 5.74) is 5.58. The minimum atomic E-state index is -4.45. The van der Waals surface area contributed by atoms with E-state index in [4.69, 9.17) is 5.73 Å². The van der Waals surface area contributed by atoms with E-state index in [1.54, 1.807) is 0 Å². The zero-order valence-corrected chi connectivity index (χ0v) is 16.8. The van der Waals surface area contributed by atoms with E-state index >= 15 is 0 Å². The molecule has 4 aromatic carbocycles. The van der Waals surface area contributed by atoms with Gasteiger partial charge in [0.2, 0.25) is 5.91 Å². The molecular formula is C25H19F3N2O2. The highest BCUT2D eigenvalue weighted by molar-refractivity contribution is 6.18. The lowest BCUT2D eigenvalue weighted by molar-refractivity contribution is -0.137. The summed E-state index contributed by atoms with van der Waals surface area (Å²) in [6, 6.07) is 20.1. The highest BCUT2D eigenvalue weighted by atomic mass is 19.4. The fraction of sp³-hybridized carbons (Fsp3) is 0.120. The second kappa shape index (κ2) is 8.34. The molecule has 2 amide bonds. The fourth-order valence-corrected chi connectivity index (χ4v) is 3.78. The van der Waals surface area contributed by atoms with Crippen LogP contribution in [0.25, 0.3) is 21.5 Å². The molecule has 162 valence electrons. The third-order valence-electron chi connectivity index (χ3n) is 5.37. The van der Waals surface area contributed by atoms with Crippen molar-refractivity contribution >= 4 is 33.4 Å². The van der Waals surface area contributed by atoms with E-state index in [2.05, 4.69) is 5.32 Å². The van der Waals surface area contributed by atoms with Gasteiger partial charge in [0.1, 0.15) is 6.04 Å². The monoisotopic (exact) mass is 436 g/mol. The zero-order chi connectivity index (χ0) is 22.9. The Kier molecular flexibility index (Phi) is 5.57. The first kappa shape index (κ1) is 21.4. The Morgan fingerprint density at radius 1 is 0.844 bits per heavy atom. The maximum atomic E-state index is 13.3. The molecule has 4 aromatic rings. The number of nitrogens with one attached hydrogen (secondary N) is 1. The molecule has 0 aromatic heterocycles. The Hall–Kier alpha value is -3.87. The van der Waals surface area contributed by atoms with E-state index in [0.29, 0.717) is 11.1 Å². The lowest BCUT2D eigenvalue weighted by atomic mass is 9.95. The number of alkyl halides is 3. The predicted octanol–water partition coefficient (Wildman–Crippen LogP) is 4.84. The Bertz CT molecular complexity index is 1260. The first-order valence-electron chi connectivity index (χ1n) is 9.91. The van der Waals surface area contributed by atoms with E-state index in [-0.39, 0.29) is 6.42 Å². The van der Waals surface area contributed by atoms with Gasteiger partial charge in [-0.15, -0.1) is 0 Å². The number of benzene rings is 4. The normalized spacial score (nSPS) is 12.6. The first-order valence-corrected chi connectivity index (χ1v) is 9.91. The maximum Gasteiger partial charge on any atom is 0.416 e. The minimum Gasteiger partial charge on any atom is -0.368 e. The molecule has 0 saturated carbocycles. The van der Waals surface area contributed by atoms with Crippen LogP contribution in [0.3, 0.4) is 0 Å². The van der Waals surface area contributed by atoms with Crippen LogP contribution in [0.4, 0.5) is 13.2 Å². The van der Waals surface area contributed by atoms with E-state index in [9.17, 15) is 22.8 Å². The molecule has 0 radical (unpaired) electrons. The number of amides is 2. The van der Waals surface area contributed by atoms with Gasteiger partial charge >= 0.3 is 6.18 Å². The molecule has 0 fully saturated rings. The van der Waals surface area contributed by atoms with Crippen LogP contribution in [0, 0.1) is 0 Å². The van der Waals surface area contributed by atoms with Crippen LogP contribution in [0.1, 0.15) is 21.5 Å². The van der Waals surface area contributed by atoms with Crippen LogP contribution in [0.2, 0.25) is 0 Å². The van der Waals surface area contributed by atoms with Crippen molar-refractivity contribution in [2.75, 3.05) is 0 Å². The Balaban J connectivity index is 1.66. The maximum absolute atomic E-state index is 13.3. The van der Waals surface area contributed by atoms with Crippen molar-refractivity contribution < 1.29 is 22.8 Å². The minimum absolute atomic E-state index is 0.0259. The molecule has 0 aliphatic heterocycles. The van der Waals surface area contributed by atoms with E-state index in [0.717, 1.165) is 33.7 Å². The van der Waals surface area contributed by atoms with Gasteiger partial charge in [-0.1, -0.05) is 60.7 Å². The Labute approximate surface area is 181 Å². The summed E-state index contributed by atoms with van der Waals surface area (Å²) in [5, 5.41) is 5.86. The first-order chi connectivity index (χ1) is 15.2. The van der Waals surface area contributed by atoms with E-state index in [1.807, 2.05) is 54.6 Å². The van der Waals surface area contributed by atoms with Gasteiger partial charge in [0.05, 0.1) is 11.1 Å². The van der Waals surface area contributed by atoms with Crippen LogP contribution in [0.15, 0.2) is 78.9 Å². The third kappa shape index (κ3) is 4.27. The fourth-order valence-electron chi connectivity index (χ4n) is 3.78. The second-order valence-corrected chi connectivity index (χ2v) is 7.52. The molecule has 3 N–H and O–H groups in total. The number of carbonyl (C=O) groups is 2. The standard InChI is InChI=1S/C25H19F3N2O2/c26-25(27,28)18-11-9-15(10-12-18)13-21(23(29)31)30-24(32)22-19-7-3-1-5-16(19)14-17-6-2-4-8-20(17)22/h1-12,14,21H,13H2,(H2,29,31)(H,30,32)/t21-/m1/s1. The van der Waals surface area contributed by atoms with Crippen LogP contribution in [0.5, 0.6) is 0 Å². The van der Waals surface area contributed by atoms with Crippen LogP contribution in [-0.4, -0.2) is 17.9 Å². The van der Waals surface area contributed by atoms with Gasteiger partial charge in [0.25, 0.3) is 5.91 Å². The van der Waals surface area contributed by atoms with Crippen molar-refractivity contribution in [3.05, 3.63) is 95.6 Å². The average molecular weight is 436 g/mol. The van der Waals surface area contributed by atoms with Crippen molar-refractivity contribution in [3.8, 4) is 0 Å². The molecule has 4 nitrogen and oxygen atoms in total. The van der Waals surface area contributed by atoms with Gasteiger partial charge in [0, 0.05) is 6.42 Å². The summed E-state index contributed by atoms with van der Waals surface area (Å²) in [4.78, 5) is 25.3. The van der Waals surface area contributed by atoms with Crippen molar-refractivity contribution in [1.82, 2.24) is 5.32 Å².